The van der Waals surface area contributed by atoms with Crippen molar-refractivity contribution in [3.05, 3.63) is 27.7 Å². The van der Waals surface area contributed by atoms with Crippen molar-refractivity contribution >= 4 is 35.0 Å². The second-order valence-corrected chi connectivity index (χ2v) is 5.88. The van der Waals surface area contributed by atoms with Gasteiger partial charge in [-0.3, -0.25) is 9.59 Å². The summed E-state index contributed by atoms with van der Waals surface area (Å²) in [5, 5.41) is 3.24. The Hall–Kier alpha value is -1.46. The largest absolute Gasteiger partial charge is 0.494 e. The van der Waals surface area contributed by atoms with E-state index in [9.17, 15) is 9.59 Å². The second-order valence-electron chi connectivity index (χ2n) is 5.07. The predicted octanol–water partition coefficient (Wildman–Crippen LogP) is 2.74. The lowest BCUT2D eigenvalue weighted by molar-refractivity contribution is -0.129. The Morgan fingerprint density at radius 1 is 1.23 bits per heavy atom. The Morgan fingerprint density at radius 2 is 1.82 bits per heavy atom. The maximum absolute atomic E-state index is 12.1. The fourth-order valence-corrected chi connectivity index (χ4v) is 3.04. The van der Waals surface area contributed by atoms with Gasteiger partial charge in [-0.25, -0.2) is 0 Å². The van der Waals surface area contributed by atoms with Crippen LogP contribution in [0.5, 0.6) is 5.75 Å². The zero-order valence-electron chi connectivity index (χ0n) is 12.3. The molecule has 0 atom stereocenters. The third-order valence-electron chi connectivity index (χ3n) is 3.55. The third-order valence-corrected chi connectivity index (χ3v) is 4.11. The van der Waals surface area contributed by atoms with E-state index in [4.69, 9.17) is 27.9 Å². The molecule has 120 valence electrons. The van der Waals surface area contributed by atoms with Crippen LogP contribution in [0.15, 0.2) is 12.1 Å². The number of methoxy groups -OCH3 is 1. The van der Waals surface area contributed by atoms with Gasteiger partial charge in [0.15, 0.2) is 5.75 Å². The monoisotopic (exact) mass is 344 g/mol. The molecular formula is C15H18Cl2N2O3. The molecule has 1 aliphatic rings. The van der Waals surface area contributed by atoms with E-state index in [1.165, 1.54) is 19.2 Å². The maximum atomic E-state index is 12.1. The predicted molar refractivity (Wildman–Crippen MR) is 85.8 cm³/mol. The van der Waals surface area contributed by atoms with Gasteiger partial charge in [0.25, 0.3) is 5.91 Å². The van der Waals surface area contributed by atoms with Crippen molar-refractivity contribution in [1.82, 2.24) is 10.2 Å². The minimum atomic E-state index is -0.319. The average molecular weight is 345 g/mol. The molecule has 0 bridgehead atoms. The van der Waals surface area contributed by atoms with Crippen molar-refractivity contribution in [3.63, 3.8) is 0 Å². The minimum Gasteiger partial charge on any atom is -0.494 e. The summed E-state index contributed by atoms with van der Waals surface area (Å²) in [5.41, 5.74) is 0.337. The summed E-state index contributed by atoms with van der Waals surface area (Å²) in [6, 6.07) is 2.98. The van der Waals surface area contributed by atoms with E-state index in [1.54, 1.807) is 0 Å². The summed E-state index contributed by atoms with van der Waals surface area (Å²) >= 11 is 12.0. The molecule has 1 aromatic rings. The molecule has 1 heterocycles. The van der Waals surface area contributed by atoms with Crippen molar-refractivity contribution < 1.29 is 14.3 Å². The number of nitrogens with zero attached hydrogens (tertiary/aromatic N) is 1. The summed E-state index contributed by atoms with van der Waals surface area (Å²) in [6.07, 6.45) is 2.41. The highest BCUT2D eigenvalue weighted by molar-refractivity contribution is 6.37. The van der Waals surface area contributed by atoms with Crippen LogP contribution in [0.1, 0.15) is 29.6 Å². The van der Waals surface area contributed by atoms with Gasteiger partial charge < -0.3 is 15.0 Å². The van der Waals surface area contributed by atoms with Crippen molar-refractivity contribution in [2.75, 3.05) is 26.7 Å². The molecule has 5 nitrogen and oxygen atoms in total. The van der Waals surface area contributed by atoms with Gasteiger partial charge in [-0.05, 0) is 25.0 Å². The van der Waals surface area contributed by atoms with Crippen LogP contribution in [0.3, 0.4) is 0 Å². The van der Waals surface area contributed by atoms with E-state index in [0.29, 0.717) is 17.7 Å². The fourth-order valence-electron chi connectivity index (χ4n) is 2.40. The Bertz CT molecular complexity index is 549. The topological polar surface area (TPSA) is 58.6 Å². The number of benzene rings is 1. The number of rotatable bonds is 5. The highest BCUT2D eigenvalue weighted by Gasteiger charge is 2.18. The molecule has 1 saturated heterocycles. The highest BCUT2D eigenvalue weighted by atomic mass is 35.5. The number of hydrogen-bond donors (Lipinski definition) is 1. The zero-order chi connectivity index (χ0) is 16.1. The molecule has 0 spiro atoms. The Morgan fingerprint density at radius 3 is 2.36 bits per heavy atom. The summed E-state index contributed by atoms with van der Waals surface area (Å²) in [5.74, 6) is 0.0911. The van der Waals surface area contributed by atoms with Crippen LogP contribution in [0.2, 0.25) is 10.0 Å². The molecule has 1 fully saturated rings. The van der Waals surface area contributed by atoms with Crippen molar-refractivity contribution in [2.45, 2.75) is 19.3 Å². The summed E-state index contributed by atoms with van der Waals surface area (Å²) in [7, 11) is 1.46. The number of likely N-dealkylation sites (tertiary alicyclic amines) is 1. The summed E-state index contributed by atoms with van der Waals surface area (Å²) in [4.78, 5) is 25.8. The van der Waals surface area contributed by atoms with Crippen LogP contribution in [0.25, 0.3) is 0 Å². The highest BCUT2D eigenvalue weighted by Crippen LogP contribution is 2.33. The molecule has 2 amide bonds. The van der Waals surface area contributed by atoms with Crippen molar-refractivity contribution in [3.8, 4) is 5.75 Å². The molecule has 0 aromatic heterocycles. The van der Waals surface area contributed by atoms with Gasteiger partial charge >= 0.3 is 0 Å². The van der Waals surface area contributed by atoms with Gasteiger partial charge in [0.05, 0.1) is 17.2 Å². The van der Waals surface area contributed by atoms with Gasteiger partial charge in [-0.15, -0.1) is 0 Å². The Balaban J connectivity index is 1.88. The zero-order valence-corrected chi connectivity index (χ0v) is 13.8. The smallest absolute Gasteiger partial charge is 0.251 e. The van der Waals surface area contributed by atoms with E-state index < -0.39 is 0 Å². The van der Waals surface area contributed by atoms with Crippen LogP contribution in [-0.4, -0.2) is 43.5 Å². The van der Waals surface area contributed by atoms with E-state index in [1.807, 2.05) is 4.90 Å². The molecular weight excluding hydrogens is 327 g/mol. The lowest BCUT2D eigenvalue weighted by Crippen LogP contribution is -2.32. The first-order valence-corrected chi connectivity index (χ1v) is 7.87. The SMILES string of the molecule is COc1c(Cl)cc(C(=O)NCCC(=O)N2CCCC2)cc1Cl. The molecule has 7 heteroatoms. The number of ether oxygens (including phenoxy) is 1. The van der Waals surface area contributed by atoms with E-state index in [-0.39, 0.29) is 28.4 Å². The maximum Gasteiger partial charge on any atom is 0.251 e. The number of carbonyl (C=O) groups is 2. The summed E-state index contributed by atoms with van der Waals surface area (Å²) in [6.45, 7) is 1.92. The fraction of sp³-hybridized carbons (Fsp3) is 0.467. The van der Waals surface area contributed by atoms with Gasteiger partial charge in [0.2, 0.25) is 5.91 Å². The first kappa shape index (κ1) is 16.9. The first-order valence-electron chi connectivity index (χ1n) is 7.12. The Labute approximate surface area is 139 Å². The molecule has 1 aliphatic heterocycles. The number of hydrogen-bond acceptors (Lipinski definition) is 3. The number of nitrogens with one attached hydrogen (secondary N) is 1. The van der Waals surface area contributed by atoms with Crippen molar-refractivity contribution in [2.24, 2.45) is 0 Å². The van der Waals surface area contributed by atoms with Gasteiger partial charge in [0, 0.05) is 31.6 Å². The van der Waals surface area contributed by atoms with Gasteiger partial charge in [-0.2, -0.15) is 0 Å². The first-order chi connectivity index (χ1) is 10.5. The normalized spacial score (nSPS) is 14.0. The molecule has 0 radical (unpaired) electrons. The van der Waals surface area contributed by atoms with Crippen LogP contribution in [0.4, 0.5) is 0 Å². The van der Waals surface area contributed by atoms with Crippen molar-refractivity contribution in [1.29, 1.82) is 0 Å². The molecule has 1 aromatic carbocycles. The molecule has 22 heavy (non-hydrogen) atoms. The van der Waals surface area contributed by atoms with Crippen LogP contribution in [-0.2, 0) is 4.79 Å². The molecule has 1 N–H and O–H groups in total. The van der Waals surface area contributed by atoms with Gasteiger partial charge in [0.1, 0.15) is 0 Å². The number of halogens is 2. The van der Waals surface area contributed by atoms with Crippen LogP contribution in [0, 0.1) is 0 Å². The molecule has 0 saturated carbocycles. The lowest BCUT2D eigenvalue weighted by atomic mass is 10.2. The number of amides is 2. The average Bonchev–Trinajstić information content (AvgIpc) is 3.01. The molecule has 2 rings (SSSR count). The number of carbonyl (C=O) groups excluding carboxylic acids is 2. The Kier molecular flexibility index (Phi) is 5.91. The van der Waals surface area contributed by atoms with E-state index in [0.717, 1.165) is 25.9 Å². The van der Waals surface area contributed by atoms with Gasteiger partial charge in [-0.1, -0.05) is 23.2 Å². The third kappa shape index (κ3) is 4.05. The molecule has 0 unspecified atom stereocenters. The van der Waals surface area contributed by atoms with Crippen LogP contribution < -0.4 is 10.1 Å². The minimum absolute atomic E-state index is 0.0728. The quantitative estimate of drug-likeness (QED) is 0.893. The lowest BCUT2D eigenvalue weighted by Gasteiger charge is -2.15. The summed E-state index contributed by atoms with van der Waals surface area (Å²) < 4.78 is 5.03. The molecule has 0 aliphatic carbocycles. The van der Waals surface area contributed by atoms with E-state index in [2.05, 4.69) is 5.32 Å². The standard InChI is InChI=1S/C15H18Cl2N2O3/c1-22-14-11(16)8-10(9-12(14)17)15(21)18-5-4-13(20)19-6-2-3-7-19/h8-9H,2-7H2,1H3,(H,18,21). The van der Waals surface area contributed by atoms with Crippen LogP contribution >= 0.6 is 23.2 Å². The second kappa shape index (κ2) is 7.70. The van der Waals surface area contributed by atoms with E-state index >= 15 is 0 Å².